The van der Waals surface area contributed by atoms with Gasteiger partial charge in [-0.25, -0.2) is 9.78 Å². The van der Waals surface area contributed by atoms with Gasteiger partial charge in [0.1, 0.15) is 17.0 Å². The van der Waals surface area contributed by atoms with Gasteiger partial charge in [0.15, 0.2) is 0 Å². The summed E-state index contributed by atoms with van der Waals surface area (Å²) in [4.78, 5) is 27.3. The van der Waals surface area contributed by atoms with E-state index in [9.17, 15) is 28.1 Å². The van der Waals surface area contributed by atoms with Gasteiger partial charge in [-0.05, 0) is 68.2 Å². The van der Waals surface area contributed by atoms with Gasteiger partial charge in [0.05, 0.1) is 18.2 Å². The summed E-state index contributed by atoms with van der Waals surface area (Å²) < 4.78 is 53.1. The predicted molar refractivity (Wildman–Crippen MR) is 124 cm³/mol. The molecule has 0 saturated heterocycles. The Hall–Kier alpha value is -2.91. The summed E-state index contributed by atoms with van der Waals surface area (Å²) in [5, 5.41) is 11.5. The van der Waals surface area contributed by atoms with Gasteiger partial charge >= 0.3 is 17.7 Å². The average Bonchev–Trinajstić information content (AvgIpc) is 2.76. The fourth-order valence-electron chi connectivity index (χ4n) is 4.62. The Bertz CT molecular complexity index is 1100. The molecule has 35 heavy (non-hydrogen) atoms. The molecule has 192 valence electrons. The standard InChI is InChI=1S/C25H31F3N2O5/c1-6-34-22(31)24(5,30(32)33)20-14-11-17-18(29-20)12-13-19(21(17)25(26,27)28)35-16-9-7-15(8-10-16)23(2,3)4/h11-16H,6-10H2,1-5H3/t15-,16-,24?. The first kappa shape index (κ1) is 26.7. The average molecular weight is 497 g/mol. The largest absolute Gasteiger partial charge is 0.490 e. The zero-order valence-corrected chi connectivity index (χ0v) is 20.6. The topological polar surface area (TPSA) is 91.6 Å². The smallest absolute Gasteiger partial charge is 0.420 e. The highest BCUT2D eigenvalue weighted by Gasteiger charge is 2.51. The summed E-state index contributed by atoms with van der Waals surface area (Å²) in [5.41, 5.74) is -3.64. The molecule has 10 heteroatoms. The van der Waals surface area contributed by atoms with Crippen LogP contribution < -0.4 is 4.74 Å². The number of benzene rings is 1. The molecule has 1 aliphatic carbocycles. The number of hydrogen-bond acceptors (Lipinski definition) is 6. The van der Waals surface area contributed by atoms with Crippen LogP contribution in [0.1, 0.15) is 71.6 Å². The number of halogens is 3. The number of nitrogens with zero attached hydrogens (tertiary/aromatic N) is 2. The van der Waals surface area contributed by atoms with Gasteiger partial charge in [-0.1, -0.05) is 20.8 Å². The Kier molecular flexibility index (Phi) is 7.34. The van der Waals surface area contributed by atoms with Crippen LogP contribution in [0.25, 0.3) is 10.9 Å². The molecule has 0 bridgehead atoms. The third-order valence-corrected chi connectivity index (χ3v) is 6.85. The SMILES string of the molecule is CCOC(=O)C(C)(c1ccc2c(C(F)(F)F)c(O[C@H]3CC[C@H](C(C)(C)C)CC3)ccc2n1)[N+](=O)[O-]. The summed E-state index contributed by atoms with van der Waals surface area (Å²) in [5.74, 6) is -0.945. The van der Waals surface area contributed by atoms with Crippen molar-refractivity contribution >= 4 is 16.9 Å². The summed E-state index contributed by atoms with van der Waals surface area (Å²) in [6.45, 7) is 8.92. The molecule has 0 spiro atoms. The lowest BCUT2D eigenvalue weighted by atomic mass is 9.72. The van der Waals surface area contributed by atoms with Crippen LogP contribution in [-0.2, 0) is 21.2 Å². The van der Waals surface area contributed by atoms with Crippen LogP contribution in [0.2, 0.25) is 0 Å². The molecule has 1 heterocycles. The molecule has 1 unspecified atom stereocenters. The molecule has 3 rings (SSSR count). The summed E-state index contributed by atoms with van der Waals surface area (Å²) in [6, 6.07) is 4.70. The van der Waals surface area contributed by atoms with Crippen LogP contribution in [0.5, 0.6) is 5.75 Å². The number of aromatic nitrogens is 1. The number of nitro groups is 1. The third-order valence-electron chi connectivity index (χ3n) is 6.85. The Morgan fingerprint density at radius 2 is 1.71 bits per heavy atom. The van der Waals surface area contributed by atoms with Gasteiger partial charge in [0.2, 0.25) is 0 Å². The van der Waals surface area contributed by atoms with Crippen molar-refractivity contribution in [3.8, 4) is 5.75 Å². The van der Waals surface area contributed by atoms with Gasteiger partial charge < -0.3 is 9.47 Å². The van der Waals surface area contributed by atoms with Crippen molar-refractivity contribution in [2.75, 3.05) is 6.61 Å². The monoisotopic (exact) mass is 496 g/mol. The first-order valence-electron chi connectivity index (χ1n) is 11.7. The summed E-state index contributed by atoms with van der Waals surface area (Å²) >= 11 is 0. The van der Waals surface area contributed by atoms with Crippen LogP contribution in [0.3, 0.4) is 0 Å². The number of carbonyl (C=O) groups excluding carboxylic acids is 1. The maximum atomic E-state index is 14.2. The van der Waals surface area contributed by atoms with Crippen molar-refractivity contribution in [2.24, 2.45) is 11.3 Å². The van der Waals surface area contributed by atoms with Crippen LogP contribution in [0, 0.1) is 21.4 Å². The van der Waals surface area contributed by atoms with Gasteiger partial charge in [0.25, 0.3) is 0 Å². The van der Waals surface area contributed by atoms with E-state index in [1.54, 1.807) is 0 Å². The minimum absolute atomic E-state index is 0.0908. The van der Waals surface area contributed by atoms with Crippen molar-refractivity contribution in [1.29, 1.82) is 0 Å². The van der Waals surface area contributed by atoms with Crippen LogP contribution in [0.15, 0.2) is 24.3 Å². The Morgan fingerprint density at radius 1 is 1.09 bits per heavy atom. The zero-order chi connectivity index (χ0) is 26.2. The van der Waals surface area contributed by atoms with E-state index in [1.807, 2.05) is 0 Å². The van der Waals surface area contributed by atoms with Gasteiger partial charge in [-0.2, -0.15) is 13.2 Å². The number of carbonyl (C=O) groups is 1. The number of pyridine rings is 1. The molecule has 0 aliphatic heterocycles. The first-order chi connectivity index (χ1) is 16.2. The minimum Gasteiger partial charge on any atom is -0.490 e. The van der Waals surface area contributed by atoms with Gasteiger partial charge in [-0.15, -0.1) is 0 Å². The predicted octanol–water partition coefficient (Wildman–Crippen LogP) is 6.29. The molecular weight excluding hydrogens is 465 g/mol. The number of esters is 1. The zero-order valence-electron chi connectivity index (χ0n) is 20.6. The van der Waals surface area contributed by atoms with Crippen LogP contribution >= 0.6 is 0 Å². The number of fused-ring (bicyclic) bond motifs is 1. The third kappa shape index (κ3) is 5.36. The minimum atomic E-state index is -4.74. The Balaban J connectivity index is 1.99. The molecule has 2 aromatic rings. The lowest BCUT2D eigenvalue weighted by Crippen LogP contribution is -2.42. The first-order valence-corrected chi connectivity index (χ1v) is 11.7. The molecule has 1 aliphatic rings. The number of ether oxygens (including phenoxy) is 2. The molecule has 0 amide bonds. The highest BCUT2D eigenvalue weighted by atomic mass is 19.4. The normalized spacial score (nSPS) is 20.8. The molecule has 1 fully saturated rings. The Morgan fingerprint density at radius 3 is 2.23 bits per heavy atom. The molecule has 1 atom stereocenters. The summed E-state index contributed by atoms with van der Waals surface area (Å²) in [6.07, 6.45) is -2.00. The van der Waals surface area contributed by atoms with E-state index in [1.165, 1.54) is 19.1 Å². The van der Waals surface area contributed by atoms with Gasteiger partial charge in [-0.3, -0.25) is 10.1 Å². The molecule has 1 saturated carbocycles. The lowest BCUT2D eigenvalue weighted by Gasteiger charge is -2.37. The number of alkyl halides is 3. The highest BCUT2D eigenvalue weighted by molar-refractivity contribution is 5.87. The number of rotatable bonds is 6. The fourth-order valence-corrected chi connectivity index (χ4v) is 4.62. The lowest BCUT2D eigenvalue weighted by molar-refractivity contribution is -0.560. The summed E-state index contributed by atoms with van der Waals surface area (Å²) in [7, 11) is 0. The quantitative estimate of drug-likeness (QED) is 0.265. The van der Waals surface area contributed by atoms with E-state index in [4.69, 9.17) is 9.47 Å². The molecule has 7 nitrogen and oxygen atoms in total. The Labute approximate surface area is 202 Å². The fraction of sp³-hybridized carbons (Fsp3) is 0.600. The molecule has 0 N–H and O–H groups in total. The second kappa shape index (κ2) is 9.62. The van der Waals surface area contributed by atoms with E-state index >= 15 is 0 Å². The molecule has 1 aromatic heterocycles. The number of hydrogen-bond donors (Lipinski definition) is 0. The van der Waals surface area contributed by atoms with Crippen molar-refractivity contribution in [1.82, 2.24) is 4.98 Å². The van der Waals surface area contributed by atoms with Crippen LogP contribution in [-0.4, -0.2) is 28.6 Å². The van der Waals surface area contributed by atoms with E-state index in [0.717, 1.165) is 31.9 Å². The van der Waals surface area contributed by atoms with Crippen molar-refractivity contribution in [3.05, 3.63) is 45.6 Å². The van der Waals surface area contributed by atoms with E-state index in [2.05, 4.69) is 25.8 Å². The highest BCUT2D eigenvalue weighted by Crippen LogP contribution is 2.44. The van der Waals surface area contributed by atoms with E-state index in [0.29, 0.717) is 18.8 Å². The van der Waals surface area contributed by atoms with Crippen molar-refractivity contribution in [2.45, 2.75) is 78.1 Å². The van der Waals surface area contributed by atoms with Crippen molar-refractivity contribution in [3.63, 3.8) is 0 Å². The molecular formula is C25H31F3N2O5. The maximum Gasteiger partial charge on any atom is 0.420 e. The second-order valence-corrected chi connectivity index (χ2v) is 10.2. The van der Waals surface area contributed by atoms with Crippen LogP contribution in [0.4, 0.5) is 13.2 Å². The molecule has 1 aromatic carbocycles. The molecule has 0 radical (unpaired) electrons. The van der Waals surface area contributed by atoms with E-state index < -0.39 is 28.2 Å². The van der Waals surface area contributed by atoms with E-state index in [-0.39, 0.29) is 40.5 Å². The maximum absolute atomic E-state index is 14.2. The van der Waals surface area contributed by atoms with Gasteiger partial charge in [0, 0.05) is 17.2 Å². The van der Waals surface area contributed by atoms with Crippen molar-refractivity contribution < 1.29 is 32.4 Å². The second-order valence-electron chi connectivity index (χ2n) is 10.2.